The standard InChI is InChI=1S/C40H40O5S/c1-6-16-31(17-7-1)26-41-30-36-37(42-27-32-18-8-2-9-19-32)38(43-28-33-20-10-3-11-21-33)39(44-29-34-22-12-4-13-23-34)40(45-36)46-35-24-14-5-15-25-35/h1-25,36-40H,26-30H2/t36-,37-,38+,39-,40-/m1/s1. The zero-order chi connectivity index (χ0) is 31.2. The van der Waals surface area contributed by atoms with Crippen molar-refractivity contribution in [1.82, 2.24) is 0 Å². The Labute approximate surface area is 276 Å². The molecule has 0 aliphatic carbocycles. The molecule has 1 fully saturated rings. The van der Waals surface area contributed by atoms with Gasteiger partial charge in [0.15, 0.2) is 0 Å². The van der Waals surface area contributed by atoms with Crippen molar-refractivity contribution < 1.29 is 23.7 Å². The predicted octanol–water partition coefficient (Wildman–Crippen LogP) is 8.48. The fraction of sp³-hybridized carbons (Fsp3) is 0.250. The first-order valence-electron chi connectivity index (χ1n) is 15.8. The van der Waals surface area contributed by atoms with E-state index in [0.717, 1.165) is 27.1 Å². The minimum atomic E-state index is -0.451. The molecule has 0 amide bonds. The van der Waals surface area contributed by atoms with Crippen LogP contribution in [0.4, 0.5) is 0 Å². The minimum absolute atomic E-state index is 0.344. The van der Waals surface area contributed by atoms with Crippen molar-refractivity contribution in [1.29, 1.82) is 0 Å². The molecule has 6 rings (SSSR count). The summed E-state index contributed by atoms with van der Waals surface area (Å²) in [6.07, 6.45) is -1.72. The van der Waals surface area contributed by atoms with Crippen molar-refractivity contribution in [2.75, 3.05) is 6.61 Å². The van der Waals surface area contributed by atoms with Gasteiger partial charge in [0.2, 0.25) is 0 Å². The highest BCUT2D eigenvalue weighted by Gasteiger charge is 2.48. The van der Waals surface area contributed by atoms with E-state index in [2.05, 4.69) is 60.7 Å². The molecule has 236 valence electrons. The van der Waals surface area contributed by atoms with Crippen molar-refractivity contribution in [3.63, 3.8) is 0 Å². The molecular weight excluding hydrogens is 593 g/mol. The molecule has 6 heteroatoms. The molecule has 1 saturated heterocycles. The molecule has 46 heavy (non-hydrogen) atoms. The van der Waals surface area contributed by atoms with Gasteiger partial charge in [-0.3, -0.25) is 0 Å². The summed E-state index contributed by atoms with van der Waals surface area (Å²) >= 11 is 1.64. The van der Waals surface area contributed by atoms with E-state index in [9.17, 15) is 0 Å². The Kier molecular flexibility index (Phi) is 12.1. The monoisotopic (exact) mass is 632 g/mol. The molecule has 5 aromatic rings. The van der Waals surface area contributed by atoms with Gasteiger partial charge in [0.05, 0.1) is 33.0 Å². The first-order chi connectivity index (χ1) is 22.8. The molecule has 5 atom stereocenters. The molecule has 0 bridgehead atoms. The van der Waals surface area contributed by atoms with Gasteiger partial charge in [0.1, 0.15) is 29.9 Å². The van der Waals surface area contributed by atoms with Gasteiger partial charge in [-0.15, -0.1) is 0 Å². The third-order valence-corrected chi connectivity index (χ3v) is 8.99. The molecule has 0 aromatic heterocycles. The van der Waals surface area contributed by atoms with E-state index in [1.807, 2.05) is 91.0 Å². The molecule has 0 radical (unpaired) electrons. The van der Waals surface area contributed by atoms with Crippen LogP contribution in [0.1, 0.15) is 22.3 Å². The summed E-state index contributed by atoms with van der Waals surface area (Å²) in [5, 5.41) is 0. The van der Waals surface area contributed by atoms with E-state index in [1.165, 1.54) is 0 Å². The van der Waals surface area contributed by atoms with Gasteiger partial charge in [-0.25, -0.2) is 0 Å². The Hall–Kier alpha value is -3.75. The van der Waals surface area contributed by atoms with Crippen molar-refractivity contribution in [3.05, 3.63) is 174 Å². The molecule has 0 saturated carbocycles. The van der Waals surface area contributed by atoms with Gasteiger partial charge in [-0.05, 0) is 34.4 Å². The van der Waals surface area contributed by atoms with Gasteiger partial charge in [0, 0.05) is 4.90 Å². The van der Waals surface area contributed by atoms with E-state index in [0.29, 0.717) is 33.0 Å². The average Bonchev–Trinajstić information content (AvgIpc) is 3.12. The normalized spacial score (nSPS) is 21.2. The second-order valence-electron chi connectivity index (χ2n) is 11.3. The third kappa shape index (κ3) is 9.39. The van der Waals surface area contributed by atoms with Crippen LogP contribution in [-0.4, -0.2) is 36.5 Å². The quantitative estimate of drug-likeness (QED) is 0.115. The van der Waals surface area contributed by atoms with Gasteiger partial charge >= 0.3 is 0 Å². The van der Waals surface area contributed by atoms with Gasteiger partial charge < -0.3 is 23.7 Å². The maximum atomic E-state index is 6.92. The lowest BCUT2D eigenvalue weighted by Crippen LogP contribution is -2.60. The molecule has 0 spiro atoms. The highest BCUT2D eigenvalue weighted by atomic mass is 32.2. The molecule has 0 unspecified atom stereocenters. The van der Waals surface area contributed by atoms with Crippen molar-refractivity contribution >= 4 is 11.8 Å². The summed E-state index contributed by atoms with van der Waals surface area (Å²) in [5.41, 5.74) is 3.99. The van der Waals surface area contributed by atoms with E-state index in [4.69, 9.17) is 23.7 Å². The summed E-state index contributed by atoms with van der Waals surface area (Å²) in [7, 11) is 0. The number of benzene rings is 5. The van der Waals surface area contributed by atoms with Crippen molar-refractivity contribution in [3.8, 4) is 0 Å². The Morgan fingerprint density at radius 2 is 0.826 bits per heavy atom. The maximum Gasteiger partial charge on any atom is 0.137 e. The largest absolute Gasteiger partial charge is 0.374 e. The van der Waals surface area contributed by atoms with Crippen LogP contribution in [0.25, 0.3) is 0 Å². The summed E-state index contributed by atoms with van der Waals surface area (Å²) in [6, 6.07) is 51.2. The van der Waals surface area contributed by atoms with Gasteiger partial charge in [-0.2, -0.15) is 0 Å². The van der Waals surface area contributed by atoms with E-state index in [-0.39, 0.29) is 5.44 Å². The van der Waals surface area contributed by atoms with Gasteiger partial charge in [-0.1, -0.05) is 151 Å². The smallest absolute Gasteiger partial charge is 0.137 e. The fourth-order valence-electron chi connectivity index (χ4n) is 5.48. The van der Waals surface area contributed by atoms with Crippen LogP contribution in [-0.2, 0) is 50.1 Å². The lowest BCUT2D eigenvalue weighted by atomic mass is 9.98. The topological polar surface area (TPSA) is 46.2 Å². The second kappa shape index (κ2) is 17.2. The van der Waals surface area contributed by atoms with Crippen LogP contribution in [0, 0.1) is 0 Å². The van der Waals surface area contributed by atoms with Crippen LogP contribution in [0.5, 0.6) is 0 Å². The highest BCUT2D eigenvalue weighted by molar-refractivity contribution is 7.99. The molecule has 5 nitrogen and oxygen atoms in total. The van der Waals surface area contributed by atoms with Crippen LogP contribution >= 0.6 is 11.8 Å². The number of hydrogen-bond donors (Lipinski definition) is 0. The molecule has 1 aliphatic rings. The van der Waals surface area contributed by atoms with Crippen LogP contribution in [0.3, 0.4) is 0 Å². The lowest BCUT2D eigenvalue weighted by Gasteiger charge is -2.46. The molecule has 5 aromatic carbocycles. The number of rotatable bonds is 15. The Bertz CT molecular complexity index is 1540. The number of ether oxygens (including phenoxy) is 5. The fourth-order valence-corrected chi connectivity index (χ4v) is 6.62. The second-order valence-corrected chi connectivity index (χ2v) is 12.4. The van der Waals surface area contributed by atoms with E-state index >= 15 is 0 Å². The third-order valence-electron chi connectivity index (χ3n) is 7.84. The summed E-state index contributed by atoms with van der Waals surface area (Å²) in [6.45, 7) is 2.08. The summed E-state index contributed by atoms with van der Waals surface area (Å²) in [4.78, 5) is 1.09. The first-order valence-corrected chi connectivity index (χ1v) is 16.7. The molecular formula is C40H40O5S. The summed E-state index contributed by atoms with van der Waals surface area (Å²) in [5.74, 6) is 0. The zero-order valence-corrected chi connectivity index (χ0v) is 26.6. The minimum Gasteiger partial charge on any atom is -0.374 e. The zero-order valence-electron chi connectivity index (χ0n) is 25.8. The maximum absolute atomic E-state index is 6.92. The number of hydrogen-bond acceptors (Lipinski definition) is 6. The van der Waals surface area contributed by atoms with Crippen LogP contribution in [0.15, 0.2) is 157 Å². The Balaban J connectivity index is 1.31. The van der Waals surface area contributed by atoms with Crippen LogP contribution < -0.4 is 0 Å². The highest BCUT2D eigenvalue weighted by Crippen LogP contribution is 2.38. The van der Waals surface area contributed by atoms with E-state index < -0.39 is 24.4 Å². The van der Waals surface area contributed by atoms with E-state index in [1.54, 1.807) is 11.8 Å². The first kappa shape index (κ1) is 32.2. The van der Waals surface area contributed by atoms with Gasteiger partial charge in [0.25, 0.3) is 0 Å². The Morgan fingerprint density at radius 1 is 0.435 bits per heavy atom. The number of thioether (sulfide) groups is 1. The van der Waals surface area contributed by atoms with Crippen molar-refractivity contribution in [2.45, 2.75) is 61.2 Å². The molecule has 0 N–H and O–H groups in total. The summed E-state index contributed by atoms with van der Waals surface area (Å²) < 4.78 is 33.6. The molecule has 1 heterocycles. The molecule has 1 aliphatic heterocycles. The Morgan fingerprint density at radius 3 is 1.30 bits per heavy atom. The van der Waals surface area contributed by atoms with Crippen molar-refractivity contribution in [2.24, 2.45) is 0 Å². The van der Waals surface area contributed by atoms with Crippen LogP contribution in [0.2, 0.25) is 0 Å². The average molecular weight is 633 g/mol. The predicted molar refractivity (Wildman–Crippen MR) is 182 cm³/mol. The lowest BCUT2D eigenvalue weighted by molar-refractivity contribution is -0.254. The SMILES string of the molecule is c1ccc(COC[C@H]2O[C@H](Sc3ccccc3)[C@H](OCc3ccccc3)[C@@H](OCc3ccccc3)[C@@H]2OCc2ccccc2)cc1.